The fourth-order valence-corrected chi connectivity index (χ4v) is 2.06. The molecule has 0 bridgehead atoms. The molecule has 1 aromatic carbocycles. The van der Waals surface area contributed by atoms with E-state index in [-0.39, 0.29) is 5.82 Å². The van der Waals surface area contributed by atoms with Crippen LogP contribution in [0.5, 0.6) is 0 Å². The van der Waals surface area contributed by atoms with E-state index in [1.54, 1.807) is 12.1 Å². The van der Waals surface area contributed by atoms with E-state index in [1.807, 2.05) is 6.92 Å². The Labute approximate surface area is 103 Å². The summed E-state index contributed by atoms with van der Waals surface area (Å²) in [6.45, 7) is 1.94. The molecule has 0 aliphatic heterocycles. The van der Waals surface area contributed by atoms with Crippen LogP contribution in [0, 0.1) is 11.7 Å². The molecule has 1 rings (SSSR count). The lowest BCUT2D eigenvalue weighted by molar-refractivity contribution is -0.141. The van der Waals surface area contributed by atoms with Gasteiger partial charge in [0.15, 0.2) is 0 Å². The van der Waals surface area contributed by atoms with Crippen LogP contribution in [0.2, 0.25) is 0 Å². The van der Waals surface area contributed by atoms with E-state index >= 15 is 0 Å². The van der Waals surface area contributed by atoms with E-state index in [0.29, 0.717) is 22.9 Å². The van der Waals surface area contributed by atoms with Gasteiger partial charge in [0.25, 0.3) is 0 Å². The van der Waals surface area contributed by atoms with Gasteiger partial charge in [-0.25, -0.2) is 4.39 Å². The molecule has 4 heteroatoms. The molecular formula is C12H14BrFO2. The van der Waals surface area contributed by atoms with Crippen molar-refractivity contribution >= 4 is 21.9 Å². The molecule has 1 unspecified atom stereocenters. The topological polar surface area (TPSA) is 37.3 Å². The van der Waals surface area contributed by atoms with Gasteiger partial charge in [0, 0.05) is 0 Å². The van der Waals surface area contributed by atoms with E-state index in [1.165, 1.54) is 6.07 Å². The monoisotopic (exact) mass is 288 g/mol. The summed E-state index contributed by atoms with van der Waals surface area (Å²) in [4.78, 5) is 11.0. The van der Waals surface area contributed by atoms with Gasteiger partial charge in [0.2, 0.25) is 0 Å². The number of rotatable bonds is 5. The van der Waals surface area contributed by atoms with E-state index in [9.17, 15) is 9.18 Å². The number of carboxylic acids is 1. The van der Waals surface area contributed by atoms with Crippen LogP contribution < -0.4 is 0 Å². The molecule has 88 valence electrons. The van der Waals surface area contributed by atoms with Crippen molar-refractivity contribution in [3.05, 3.63) is 34.1 Å². The first-order chi connectivity index (χ1) is 7.56. The predicted molar refractivity (Wildman–Crippen MR) is 63.8 cm³/mol. The van der Waals surface area contributed by atoms with Crippen molar-refractivity contribution in [1.82, 2.24) is 0 Å². The molecule has 0 aromatic heterocycles. The Morgan fingerprint density at radius 2 is 2.25 bits per heavy atom. The molecule has 16 heavy (non-hydrogen) atoms. The summed E-state index contributed by atoms with van der Waals surface area (Å²) in [6.07, 6.45) is 1.78. The van der Waals surface area contributed by atoms with E-state index in [0.717, 1.165) is 6.42 Å². The Hall–Kier alpha value is -0.900. The average molecular weight is 289 g/mol. The quantitative estimate of drug-likeness (QED) is 0.898. The molecule has 0 fully saturated rings. The molecule has 0 saturated heterocycles. The largest absolute Gasteiger partial charge is 0.481 e. The smallest absolute Gasteiger partial charge is 0.306 e. The van der Waals surface area contributed by atoms with Crippen molar-refractivity contribution in [1.29, 1.82) is 0 Å². The van der Waals surface area contributed by atoms with Gasteiger partial charge in [-0.1, -0.05) is 25.5 Å². The van der Waals surface area contributed by atoms with Gasteiger partial charge in [-0.2, -0.15) is 0 Å². The summed E-state index contributed by atoms with van der Waals surface area (Å²) in [5.74, 6) is -1.61. The zero-order chi connectivity index (χ0) is 12.1. The first-order valence-electron chi connectivity index (χ1n) is 5.22. The first kappa shape index (κ1) is 13.2. The van der Waals surface area contributed by atoms with Crippen molar-refractivity contribution in [3.63, 3.8) is 0 Å². The van der Waals surface area contributed by atoms with Crippen molar-refractivity contribution < 1.29 is 14.3 Å². The van der Waals surface area contributed by atoms with Crippen LogP contribution in [-0.4, -0.2) is 11.1 Å². The summed E-state index contributed by atoms with van der Waals surface area (Å²) >= 11 is 3.14. The zero-order valence-corrected chi connectivity index (χ0v) is 10.6. The molecule has 0 radical (unpaired) electrons. The number of halogens is 2. The third-order valence-corrected chi connectivity index (χ3v) is 3.37. The lowest BCUT2D eigenvalue weighted by atomic mass is 9.95. The van der Waals surface area contributed by atoms with Crippen LogP contribution in [0.4, 0.5) is 4.39 Å². The lowest BCUT2D eigenvalue weighted by Crippen LogP contribution is -2.16. The Bertz CT molecular complexity index is 379. The predicted octanol–water partition coefficient (Wildman–Crippen LogP) is 3.63. The van der Waals surface area contributed by atoms with Gasteiger partial charge < -0.3 is 5.11 Å². The highest BCUT2D eigenvalue weighted by Crippen LogP contribution is 2.24. The summed E-state index contributed by atoms with van der Waals surface area (Å²) in [7, 11) is 0. The Morgan fingerprint density at radius 3 is 2.81 bits per heavy atom. The Kier molecular flexibility index (Phi) is 4.93. The van der Waals surface area contributed by atoms with Gasteiger partial charge in [0.05, 0.1) is 10.4 Å². The van der Waals surface area contributed by atoms with Crippen LogP contribution in [-0.2, 0) is 11.2 Å². The lowest BCUT2D eigenvalue weighted by Gasteiger charge is -2.12. The number of hydrogen-bond donors (Lipinski definition) is 1. The molecule has 0 aliphatic carbocycles. The van der Waals surface area contributed by atoms with E-state index in [2.05, 4.69) is 15.9 Å². The van der Waals surface area contributed by atoms with Gasteiger partial charge in [-0.15, -0.1) is 0 Å². The summed E-state index contributed by atoms with van der Waals surface area (Å²) in [6, 6.07) is 4.70. The number of carboxylic acid groups (broad SMARTS) is 1. The van der Waals surface area contributed by atoms with Crippen molar-refractivity contribution in [2.24, 2.45) is 5.92 Å². The molecule has 0 spiro atoms. The number of benzene rings is 1. The van der Waals surface area contributed by atoms with Crippen LogP contribution in [0.3, 0.4) is 0 Å². The average Bonchev–Trinajstić information content (AvgIpc) is 2.23. The summed E-state index contributed by atoms with van der Waals surface area (Å²) in [5.41, 5.74) is 0.709. The molecule has 2 nitrogen and oxygen atoms in total. The fourth-order valence-electron chi connectivity index (χ4n) is 1.63. The maximum Gasteiger partial charge on any atom is 0.306 e. The third-order valence-electron chi connectivity index (χ3n) is 2.48. The molecule has 0 saturated carbocycles. The van der Waals surface area contributed by atoms with E-state index < -0.39 is 11.9 Å². The number of hydrogen-bond acceptors (Lipinski definition) is 1. The number of aliphatic carboxylic acids is 1. The van der Waals surface area contributed by atoms with Crippen molar-refractivity contribution in [3.8, 4) is 0 Å². The molecule has 1 atom stereocenters. The van der Waals surface area contributed by atoms with Gasteiger partial charge >= 0.3 is 5.97 Å². The molecule has 0 amide bonds. The maximum absolute atomic E-state index is 13.2. The van der Waals surface area contributed by atoms with Gasteiger partial charge in [-0.05, 0) is 40.4 Å². The van der Waals surface area contributed by atoms with Crippen LogP contribution >= 0.6 is 15.9 Å². The second kappa shape index (κ2) is 5.99. The highest BCUT2D eigenvalue weighted by molar-refractivity contribution is 9.10. The Balaban J connectivity index is 2.85. The summed E-state index contributed by atoms with van der Waals surface area (Å²) < 4.78 is 13.6. The molecule has 0 heterocycles. The van der Waals surface area contributed by atoms with E-state index in [4.69, 9.17) is 5.11 Å². The molecule has 1 aromatic rings. The maximum atomic E-state index is 13.2. The fraction of sp³-hybridized carbons (Fsp3) is 0.417. The standard InChI is InChI=1S/C12H14BrFO2/c1-2-4-9(12(15)16)7-8-5-3-6-10(14)11(8)13/h3,5-6,9H,2,4,7H2,1H3,(H,15,16). The first-order valence-corrected chi connectivity index (χ1v) is 6.01. The van der Waals surface area contributed by atoms with Crippen LogP contribution in [0.25, 0.3) is 0 Å². The molecule has 1 N–H and O–H groups in total. The van der Waals surface area contributed by atoms with Crippen LogP contribution in [0.15, 0.2) is 22.7 Å². The summed E-state index contributed by atoms with van der Waals surface area (Å²) in [5, 5.41) is 9.02. The second-order valence-corrected chi connectivity index (χ2v) is 4.53. The second-order valence-electron chi connectivity index (χ2n) is 3.74. The van der Waals surface area contributed by atoms with Crippen LogP contribution in [0.1, 0.15) is 25.3 Å². The zero-order valence-electron chi connectivity index (χ0n) is 9.04. The number of carbonyl (C=O) groups is 1. The minimum absolute atomic E-state index is 0.349. The van der Waals surface area contributed by atoms with Crippen molar-refractivity contribution in [2.75, 3.05) is 0 Å². The van der Waals surface area contributed by atoms with Gasteiger partial charge in [0.1, 0.15) is 5.82 Å². The minimum atomic E-state index is -0.821. The third kappa shape index (κ3) is 3.30. The molecule has 0 aliphatic rings. The normalized spacial score (nSPS) is 12.4. The highest BCUT2D eigenvalue weighted by atomic mass is 79.9. The van der Waals surface area contributed by atoms with Crippen molar-refractivity contribution in [2.45, 2.75) is 26.2 Å². The highest BCUT2D eigenvalue weighted by Gasteiger charge is 2.18. The minimum Gasteiger partial charge on any atom is -0.481 e. The van der Waals surface area contributed by atoms with Gasteiger partial charge in [-0.3, -0.25) is 4.79 Å². The Morgan fingerprint density at radius 1 is 1.56 bits per heavy atom. The molecular weight excluding hydrogens is 275 g/mol. The SMILES string of the molecule is CCCC(Cc1cccc(F)c1Br)C(=O)O.